The van der Waals surface area contributed by atoms with Gasteiger partial charge in [-0.3, -0.25) is 9.69 Å². The topological polar surface area (TPSA) is 104 Å². The third-order valence-electron chi connectivity index (χ3n) is 7.69. The zero-order valence-corrected chi connectivity index (χ0v) is 21.8. The maximum absolute atomic E-state index is 15.3. The number of aromatic nitrogens is 2. The van der Waals surface area contributed by atoms with Crippen LogP contribution in [0, 0.1) is 0 Å². The van der Waals surface area contributed by atoms with Crippen LogP contribution in [0.4, 0.5) is 23.2 Å². The fraction of sp³-hybridized carbons (Fsp3) is 0.542. The molecule has 3 aliphatic rings. The van der Waals surface area contributed by atoms with Crippen LogP contribution in [0.1, 0.15) is 44.0 Å². The van der Waals surface area contributed by atoms with Crippen molar-refractivity contribution in [3.8, 4) is 10.7 Å². The molecular weight excluding hydrogens is 546 g/mol. The van der Waals surface area contributed by atoms with E-state index in [-0.39, 0.29) is 51.8 Å². The zero-order chi connectivity index (χ0) is 26.8. The Hall–Kier alpha value is -2.42. The highest BCUT2D eigenvalue weighted by atomic mass is 32.2. The number of hydrogen-bond donors (Lipinski definition) is 3. The van der Waals surface area contributed by atoms with Gasteiger partial charge in [-0.25, -0.2) is 4.39 Å². The molecule has 3 aromatic rings. The summed E-state index contributed by atoms with van der Waals surface area (Å²) in [6.45, 7) is 0. The van der Waals surface area contributed by atoms with Crippen molar-refractivity contribution in [3.05, 3.63) is 24.1 Å². The number of halogens is 4. The van der Waals surface area contributed by atoms with Gasteiger partial charge in [0.25, 0.3) is 0 Å². The third kappa shape index (κ3) is 4.65. The number of hydrogen-bond acceptors (Lipinski definition) is 9. The first-order valence-electron chi connectivity index (χ1n) is 12.3. The predicted octanol–water partition coefficient (Wildman–Crippen LogP) is 4.86. The summed E-state index contributed by atoms with van der Waals surface area (Å²) in [5.41, 5.74) is -4.00. The number of amides is 1. The van der Waals surface area contributed by atoms with Gasteiger partial charge in [-0.05, 0) is 57.0 Å². The molecule has 3 N–H and O–H groups in total. The monoisotopic (exact) mass is 571 g/mol. The van der Waals surface area contributed by atoms with Crippen LogP contribution in [0.2, 0.25) is 0 Å². The normalized spacial score (nSPS) is 30.1. The molecule has 0 saturated carbocycles. The smallest absolute Gasteiger partial charge is 0.383 e. The van der Waals surface area contributed by atoms with Gasteiger partial charge >= 0.3 is 5.51 Å². The minimum atomic E-state index is -4.57. The first kappa shape index (κ1) is 25.8. The van der Waals surface area contributed by atoms with E-state index in [2.05, 4.69) is 25.7 Å². The van der Waals surface area contributed by atoms with Gasteiger partial charge in [0.2, 0.25) is 17.6 Å². The average Bonchev–Trinajstić information content (AvgIpc) is 3.55. The first-order valence-corrected chi connectivity index (χ1v) is 14.0. The Morgan fingerprint density at radius 3 is 2.84 bits per heavy atom. The largest absolute Gasteiger partial charge is 0.446 e. The van der Waals surface area contributed by atoms with Gasteiger partial charge in [-0.2, -0.15) is 18.2 Å². The van der Waals surface area contributed by atoms with Crippen molar-refractivity contribution in [2.45, 2.75) is 79.0 Å². The standard InChI is InChI=1S/C24H25F4N5O3S2/c1-33-10-5-7-15(33)17(25)14(9-10)29-12-4-2-3-11-18(12)37-20(19(11)38-24(26,27)28)21-31-23(36-32-21)13-6-8-16(34)22(35)30-13/h2-4,10,13-17,29,34H,5-9H2,1H3,(H,30,35)/t10-,13-,14-,15+,16-,17-/m1/s1. The van der Waals surface area contributed by atoms with Gasteiger partial charge in [-0.1, -0.05) is 17.3 Å². The van der Waals surface area contributed by atoms with E-state index in [1.54, 1.807) is 18.2 Å². The lowest BCUT2D eigenvalue weighted by atomic mass is 9.95. The molecule has 2 aromatic heterocycles. The molecule has 3 fully saturated rings. The number of piperidine rings is 2. The second kappa shape index (κ2) is 9.65. The number of fused-ring (bicyclic) bond motifs is 3. The number of alkyl halides is 4. The molecule has 6 rings (SSSR count). The van der Waals surface area contributed by atoms with Gasteiger partial charge < -0.3 is 20.3 Å². The maximum Gasteiger partial charge on any atom is 0.446 e. The van der Waals surface area contributed by atoms with Crippen molar-refractivity contribution in [1.29, 1.82) is 0 Å². The molecule has 1 aromatic carbocycles. The van der Waals surface area contributed by atoms with E-state index in [0.29, 0.717) is 28.6 Å². The number of aliphatic hydroxyl groups is 1. The van der Waals surface area contributed by atoms with E-state index in [1.165, 1.54) is 0 Å². The van der Waals surface area contributed by atoms with E-state index >= 15 is 4.39 Å². The number of thiophene rings is 1. The Labute approximate surface area is 223 Å². The number of aliphatic hydroxyl groups excluding tert-OH is 1. The van der Waals surface area contributed by atoms with E-state index in [1.807, 2.05) is 7.05 Å². The summed E-state index contributed by atoms with van der Waals surface area (Å²) in [5, 5.41) is 19.8. The van der Waals surface area contributed by atoms with Crippen LogP contribution in [-0.4, -0.2) is 69.0 Å². The van der Waals surface area contributed by atoms with Crippen LogP contribution >= 0.6 is 23.1 Å². The minimum absolute atomic E-state index is 0.0278. The Morgan fingerprint density at radius 2 is 2.08 bits per heavy atom. The number of nitrogens with one attached hydrogen (secondary N) is 2. The lowest BCUT2D eigenvalue weighted by Gasteiger charge is -2.39. The summed E-state index contributed by atoms with van der Waals surface area (Å²) >= 11 is 0.832. The van der Waals surface area contributed by atoms with Crippen LogP contribution in [0.25, 0.3) is 20.8 Å². The van der Waals surface area contributed by atoms with Crippen molar-refractivity contribution < 1.29 is 32.0 Å². The quantitative estimate of drug-likeness (QED) is 0.295. The number of anilines is 1. The molecule has 0 spiro atoms. The molecular formula is C24H25F4N5O3S2. The highest BCUT2D eigenvalue weighted by molar-refractivity contribution is 8.00. The van der Waals surface area contributed by atoms with Crippen LogP contribution in [0.3, 0.4) is 0 Å². The van der Waals surface area contributed by atoms with Crippen LogP contribution in [0.15, 0.2) is 27.6 Å². The van der Waals surface area contributed by atoms with Gasteiger partial charge in [0, 0.05) is 22.4 Å². The van der Waals surface area contributed by atoms with Gasteiger partial charge in [0.1, 0.15) is 18.3 Å². The minimum Gasteiger partial charge on any atom is -0.383 e. The van der Waals surface area contributed by atoms with E-state index in [4.69, 9.17) is 4.52 Å². The summed E-state index contributed by atoms with van der Waals surface area (Å²) in [5.74, 6) is -0.540. The lowest BCUT2D eigenvalue weighted by Crippen LogP contribution is -2.53. The van der Waals surface area contributed by atoms with E-state index in [9.17, 15) is 23.1 Å². The molecule has 3 aliphatic heterocycles. The van der Waals surface area contributed by atoms with Gasteiger partial charge in [0.15, 0.2) is 0 Å². The van der Waals surface area contributed by atoms with Crippen molar-refractivity contribution >= 4 is 44.8 Å². The summed E-state index contributed by atoms with van der Waals surface area (Å²) in [4.78, 5) is 18.4. The Bertz CT molecular complexity index is 1360. The molecule has 38 heavy (non-hydrogen) atoms. The number of rotatable bonds is 5. The SMILES string of the molecule is CN1[C@@H]2CC[C@H]1[C@H](F)[C@H](Nc1cccc3c(SC(F)(F)F)c(-c4noc([C@H]5CC[C@@H](O)C(=O)N5)n4)sc13)C2. The van der Waals surface area contributed by atoms with Gasteiger partial charge in [-0.15, -0.1) is 11.3 Å². The highest BCUT2D eigenvalue weighted by Gasteiger charge is 2.46. The maximum atomic E-state index is 15.3. The Balaban J connectivity index is 1.36. The van der Waals surface area contributed by atoms with Crippen molar-refractivity contribution in [2.75, 3.05) is 12.4 Å². The number of carbonyl (C=O) groups excluding carboxylic acids is 1. The summed E-state index contributed by atoms with van der Waals surface area (Å²) in [6, 6.07) is 4.03. The van der Waals surface area contributed by atoms with Crippen LogP contribution in [-0.2, 0) is 4.79 Å². The Morgan fingerprint density at radius 1 is 1.26 bits per heavy atom. The molecule has 0 aliphatic carbocycles. The second-order valence-electron chi connectivity index (χ2n) is 10.00. The molecule has 0 radical (unpaired) electrons. The highest BCUT2D eigenvalue weighted by Crippen LogP contribution is 2.51. The molecule has 0 unspecified atom stereocenters. The fourth-order valence-corrected chi connectivity index (χ4v) is 7.87. The average molecular weight is 572 g/mol. The number of benzene rings is 1. The fourth-order valence-electron chi connectivity index (χ4n) is 5.76. The van der Waals surface area contributed by atoms with Crippen LogP contribution in [0.5, 0.6) is 0 Å². The second-order valence-corrected chi connectivity index (χ2v) is 12.1. The molecule has 1 amide bonds. The van der Waals surface area contributed by atoms with E-state index in [0.717, 1.165) is 24.2 Å². The summed E-state index contributed by atoms with van der Waals surface area (Å²) < 4.78 is 62.1. The molecule has 2 bridgehead atoms. The van der Waals surface area contributed by atoms with Gasteiger partial charge in [0.05, 0.1) is 21.3 Å². The molecule has 14 heteroatoms. The Kier molecular flexibility index (Phi) is 6.56. The molecule has 8 nitrogen and oxygen atoms in total. The van der Waals surface area contributed by atoms with E-state index < -0.39 is 35.8 Å². The summed E-state index contributed by atoms with van der Waals surface area (Å²) in [7, 11) is 1.94. The summed E-state index contributed by atoms with van der Waals surface area (Å²) in [6.07, 6.45) is 0.670. The molecule has 5 heterocycles. The first-order chi connectivity index (χ1) is 18.1. The molecule has 3 saturated heterocycles. The van der Waals surface area contributed by atoms with Crippen molar-refractivity contribution in [1.82, 2.24) is 20.4 Å². The molecule has 204 valence electrons. The molecule has 6 atom stereocenters. The number of nitrogens with zero attached hydrogens (tertiary/aromatic N) is 3. The zero-order valence-electron chi connectivity index (χ0n) is 20.2. The third-order valence-corrected chi connectivity index (χ3v) is 9.92. The van der Waals surface area contributed by atoms with Crippen molar-refractivity contribution in [2.24, 2.45) is 0 Å². The predicted molar refractivity (Wildman–Crippen MR) is 135 cm³/mol. The number of thioether (sulfide) groups is 1. The lowest BCUT2D eigenvalue weighted by molar-refractivity contribution is -0.133. The van der Waals surface area contributed by atoms with Crippen molar-refractivity contribution in [3.63, 3.8) is 0 Å². The number of carbonyl (C=O) groups is 1. The van der Waals surface area contributed by atoms with Crippen LogP contribution < -0.4 is 10.6 Å².